The van der Waals surface area contributed by atoms with Gasteiger partial charge in [-0.2, -0.15) is 0 Å². The van der Waals surface area contributed by atoms with Gasteiger partial charge in [0.15, 0.2) is 0 Å². The fourth-order valence-corrected chi connectivity index (χ4v) is 2.24. The van der Waals surface area contributed by atoms with Gasteiger partial charge in [0.1, 0.15) is 17.8 Å². The van der Waals surface area contributed by atoms with Crippen molar-refractivity contribution in [3.05, 3.63) is 60.3 Å². The Bertz CT molecular complexity index is 933. The number of anilines is 1. The van der Waals surface area contributed by atoms with Crippen LogP contribution in [0.4, 0.5) is 14.5 Å². The Labute approximate surface area is 154 Å². The van der Waals surface area contributed by atoms with Crippen LogP contribution in [0.25, 0.3) is 5.82 Å². The minimum absolute atomic E-state index is 0.0379. The number of amides is 1. The van der Waals surface area contributed by atoms with Gasteiger partial charge in [-0.3, -0.25) is 14.3 Å². The molecule has 3 heterocycles. The predicted octanol–water partition coefficient (Wildman–Crippen LogP) is 3.54. The van der Waals surface area contributed by atoms with Crippen molar-refractivity contribution in [2.75, 3.05) is 5.32 Å². The Balaban J connectivity index is 1.92. The molecule has 0 bridgehead atoms. The van der Waals surface area contributed by atoms with E-state index >= 15 is 0 Å². The summed E-state index contributed by atoms with van der Waals surface area (Å²) in [6.45, 7) is 5.92. The van der Waals surface area contributed by atoms with Gasteiger partial charge in [-0.05, 0) is 12.1 Å². The first kappa shape index (κ1) is 18.6. The highest BCUT2D eigenvalue weighted by atomic mass is 19.3. The lowest BCUT2D eigenvalue weighted by atomic mass is 9.92. The first-order valence-corrected chi connectivity index (χ1v) is 8.17. The minimum atomic E-state index is -2.67. The number of alkyl halides is 2. The summed E-state index contributed by atoms with van der Waals surface area (Å²) in [5, 5.41) is 2.58. The van der Waals surface area contributed by atoms with Crippen LogP contribution in [0, 0.1) is 0 Å². The summed E-state index contributed by atoms with van der Waals surface area (Å²) in [5.41, 5.74) is 0.283. The quantitative estimate of drug-likeness (QED) is 0.757. The highest BCUT2D eigenvalue weighted by Gasteiger charge is 2.21. The number of pyridine rings is 1. The van der Waals surface area contributed by atoms with Crippen LogP contribution in [0.5, 0.6) is 0 Å². The molecule has 3 aromatic rings. The molecule has 0 fully saturated rings. The number of hydrogen-bond acceptors (Lipinski definition) is 5. The van der Waals surface area contributed by atoms with Crippen molar-refractivity contribution in [1.29, 1.82) is 0 Å². The molecule has 140 valence electrons. The van der Waals surface area contributed by atoms with E-state index in [0.29, 0.717) is 11.5 Å². The number of carbonyl (C=O) groups is 1. The second-order valence-corrected chi connectivity index (χ2v) is 6.88. The van der Waals surface area contributed by atoms with Crippen molar-refractivity contribution in [2.45, 2.75) is 32.6 Å². The van der Waals surface area contributed by atoms with Gasteiger partial charge in [0.05, 0.1) is 17.6 Å². The van der Waals surface area contributed by atoms with Crippen molar-refractivity contribution < 1.29 is 13.6 Å². The maximum absolute atomic E-state index is 12.6. The Morgan fingerprint density at radius 3 is 2.56 bits per heavy atom. The van der Waals surface area contributed by atoms with Crippen molar-refractivity contribution in [2.24, 2.45) is 0 Å². The summed E-state index contributed by atoms with van der Waals surface area (Å²) in [5.74, 6) is -0.0955. The average Bonchev–Trinajstić information content (AvgIpc) is 3.15. The maximum Gasteiger partial charge on any atom is 0.293 e. The highest BCUT2D eigenvalue weighted by molar-refractivity contribution is 6.01. The predicted molar refractivity (Wildman–Crippen MR) is 95.0 cm³/mol. The third kappa shape index (κ3) is 4.30. The summed E-state index contributed by atoms with van der Waals surface area (Å²) in [4.78, 5) is 28.9. The molecule has 0 unspecified atom stereocenters. The average molecular weight is 372 g/mol. The number of imidazole rings is 1. The Kier molecular flexibility index (Phi) is 4.93. The zero-order valence-corrected chi connectivity index (χ0v) is 15.0. The van der Waals surface area contributed by atoms with Crippen LogP contribution in [0.2, 0.25) is 0 Å². The zero-order chi connectivity index (χ0) is 19.6. The molecule has 3 rings (SSSR count). The standard InChI is InChI=1S/C18H18F2N6O/c1-18(2,3)13-8-14(26-7-6-21-10-26)25-16(24-13)17(27)23-11-4-5-12(15(19)20)22-9-11/h4-10,15H,1-3H3,(H,23,27). The third-order valence-corrected chi connectivity index (χ3v) is 3.72. The molecule has 9 heteroatoms. The Hall–Kier alpha value is -3.23. The fraction of sp³-hybridized carbons (Fsp3) is 0.278. The molecular weight excluding hydrogens is 354 g/mol. The Morgan fingerprint density at radius 1 is 1.22 bits per heavy atom. The molecule has 0 saturated heterocycles. The van der Waals surface area contributed by atoms with Gasteiger partial charge in [0.25, 0.3) is 12.3 Å². The van der Waals surface area contributed by atoms with E-state index in [9.17, 15) is 13.6 Å². The van der Waals surface area contributed by atoms with Gasteiger partial charge in [-0.25, -0.2) is 23.7 Å². The van der Waals surface area contributed by atoms with Crippen molar-refractivity contribution in [3.8, 4) is 5.82 Å². The lowest BCUT2D eigenvalue weighted by Crippen LogP contribution is -2.22. The van der Waals surface area contributed by atoms with Crippen LogP contribution in [0.3, 0.4) is 0 Å². The second kappa shape index (κ2) is 7.18. The molecule has 0 atom stereocenters. The van der Waals surface area contributed by atoms with Crippen molar-refractivity contribution >= 4 is 11.6 Å². The highest BCUT2D eigenvalue weighted by Crippen LogP contribution is 2.22. The SMILES string of the molecule is CC(C)(C)c1cc(-n2ccnc2)nc(C(=O)Nc2ccc(C(F)F)nc2)n1. The van der Waals surface area contributed by atoms with Gasteiger partial charge in [-0.15, -0.1) is 0 Å². The molecule has 0 aliphatic rings. The molecule has 0 radical (unpaired) electrons. The number of nitrogens with one attached hydrogen (secondary N) is 1. The summed E-state index contributed by atoms with van der Waals surface area (Å²) >= 11 is 0. The van der Waals surface area contributed by atoms with Crippen LogP contribution in [-0.4, -0.2) is 30.4 Å². The maximum atomic E-state index is 12.6. The lowest BCUT2D eigenvalue weighted by molar-refractivity contribution is 0.101. The van der Waals surface area contributed by atoms with E-state index in [4.69, 9.17) is 0 Å². The number of nitrogens with zero attached hydrogens (tertiary/aromatic N) is 5. The Morgan fingerprint density at radius 2 is 2.00 bits per heavy atom. The van der Waals surface area contributed by atoms with E-state index in [-0.39, 0.29) is 22.6 Å². The van der Waals surface area contributed by atoms with Gasteiger partial charge < -0.3 is 5.32 Å². The topological polar surface area (TPSA) is 85.6 Å². The van der Waals surface area contributed by atoms with Gasteiger partial charge in [0.2, 0.25) is 5.82 Å². The summed E-state index contributed by atoms with van der Waals surface area (Å²) < 4.78 is 26.8. The molecule has 0 aliphatic heterocycles. The van der Waals surface area contributed by atoms with E-state index < -0.39 is 12.3 Å². The molecule has 0 aromatic carbocycles. The van der Waals surface area contributed by atoms with Crippen LogP contribution in [-0.2, 0) is 5.41 Å². The monoisotopic (exact) mass is 372 g/mol. The van der Waals surface area contributed by atoms with Crippen LogP contribution < -0.4 is 5.32 Å². The summed E-state index contributed by atoms with van der Waals surface area (Å²) in [6.07, 6.45) is 3.39. The summed E-state index contributed by atoms with van der Waals surface area (Å²) in [6, 6.07) is 4.30. The molecule has 0 saturated carbocycles. The molecule has 3 aromatic heterocycles. The smallest absolute Gasteiger partial charge is 0.293 e. The number of hydrogen-bond donors (Lipinski definition) is 1. The van der Waals surface area contributed by atoms with E-state index in [1.807, 2.05) is 20.8 Å². The molecule has 0 aliphatic carbocycles. The van der Waals surface area contributed by atoms with Crippen molar-refractivity contribution in [1.82, 2.24) is 24.5 Å². The summed E-state index contributed by atoms with van der Waals surface area (Å²) in [7, 11) is 0. The lowest BCUT2D eigenvalue weighted by Gasteiger charge is -2.19. The first-order chi connectivity index (χ1) is 12.7. The first-order valence-electron chi connectivity index (χ1n) is 8.17. The van der Waals surface area contributed by atoms with E-state index in [0.717, 1.165) is 6.07 Å². The molecule has 27 heavy (non-hydrogen) atoms. The molecule has 1 amide bonds. The van der Waals surface area contributed by atoms with Gasteiger partial charge >= 0.3 is 0 Å². The molecule has 7 nitrogen and oxygen atoms in total. The van der Waals surface area contributed by atoms with E-state index in [2.05, 4.69) is 25.3 Å². The zero-order valence-electron chi connectivity index (χ0n) is 15.0. The van der Waals surface area contributed by atoms with Crippen LogP contribution >= 0.6 is 0 Å². The number of rotatable bonds is 4. The van der Waals surface area contributed by atoms with Gasteiger partial charge in [0, 0.05) is 23.9 Å². The number of carbonyl (C=O) groups excluding carboxylic acids is 1. The number of aromatic nitrogens is 5. The largest absolute Gasteiger partial charge is 0.318 e. The minimum Gasteiger partial charge on any atom is -0.318 e. The molecular formula is C18H18F2N6O. The van der Waals surface area contributed by atoms with E-state index in [1.165, 1.54) is 12.3 Å². The second-order valence-electron chi connectivity index (χ2n) is 6.88. The number of halogens is 2. The van der Waals surface area contributed by atoms with Crippen LogP contribution in [0.15, 0.2) is 43.1 Å². The molecule has 0 spiro atoms. The van der Waals surface area contributed by atoms with Crippen LogP contribution in [0.1, 0.15) is 49.2 Å². The van der Waals surface area contributed by atoms with E-state index in [1.54, 1.807) is 29.4 Å². The normalized spacial score (nSPS) is 11.6. The fourth-order valence-electron chi connectivity index (χ4n) is 2.24. The molecule has 1 N–H and O–H groups in total. The van der Waals surface area contributed by atoms with Gasteiger partial charge in [-0.1, -0.05) is 20.8 Å². The third-order valence-electron chi connectivity index (χ3n) is 3.72. The van der Waals surface area contributed by atoms with Crippen molar-refractivity contribution in [3.63, 3.8) is 0 Å².